The molecule has 266 valence electrons. The highest BCUT2D eigenvalue weighted by Crippen LogP contribution is 2.70. The van der Waals surface area contributed by atoms with Crippen LogP contribution in [0.15, 0.2) is 0 Å². The number of esters is 2. The van der Waals surface area contributed by atoms with E-state index >= 15 is 0 Å². The predicted molar refractivity (Wildman–Crippen MR) is 172 cm³/mol. The second kappa shape index (κ2) is 13.2. The van der Waals surface area contributed by atoms with Crippen molar-refractivity contribution in [3.8, 4) is 0 Å². The van der Waals surface area contributed by atoms with Gasteiger partial charge in [-0.3, -0.25) is 14.4 Å². The molecule has 6 rings (SSSR count). The zero-order valence-electron chi connectivity index (χ0n) is 29.8. The molecule has 0 aromatic rings. The van der Waals surface area contributed by atoms with Crippen LogP contribution in [0.5, 0.6) is 0 Å². The molecule has 1 heterocycles. The number of rotatable bonds is 7. The highest BCUT2D eigenvalue weighted by Gasteiger charge is 2.69. The minimum Gasteiger partial charge on any atom is -0.462 e. The summed E-state index contributed by atoms with van der Waals surface area (Å²) in [5, 5.41) is 2.93. The van der Waals surface area contributed by atoms with Gasteiger partial charge < -0.3 is 14.8 Å². The van der Waals surface area contributed by atoms with E-state index in [9.17, 15) is 14.4 Å². The molecule has 0 aromatic carbocycles. The molecule has 2 spiro atoms. The zero-order chi connectivity index (χ0) is 33.8. The molecule has 1 N–H and O–H groups in total. The van der Waals surface area contributed by atoms with E-state index in [1.54, 1.807) is 0 Å². The molecule has 5 aliphatic carbocycles. The molecule has 6 aliphatic rings. The fraction of sp³-hybridized carbons (Fsp3) is 0.919. The summed E-state index contributed by atoms with van der Waals surface area (Å²) >= 11 is 0. The van der Waals surface area contributed by atoms with Crippen molar-refractivity contribution in [3.05, 3.63) is 0 Å². The normalized spacial score (nSPS) is 46.5. The summed E-state index contributed by atoms with van der Waals surface area (Å²) in [5.74, 6) is -0.859. The zero-order valence-corrected chi connectivity index (χ0v) is 29.8. The molecule has 47 heavy (non-hydrogen) atoms. The van der Waals surface area contributed by atoms with Crippen molar-refractivity contribution in [1.82, 2.24) is 5.32 Å². The Morgan fingerprint density at radius 2 is 1.62 bits per heavy atom. The molecule has 1 aliphatic heterocycles. The van der Waals surface area contributed by atoms with Gasteiger partial charge >= 0.3 is 11.9 Å². The predicted octanol–water partition coefficient (Wildman–Crippen LogP) is 6.79. The molecule has 0 bridgehead atoms. The molecule has 1 saturated heterocycles. The largest absolute Gasteiger partial charge is 0.462 e. The lowest BCUT2D eigenvalue weighted by molar-refractivity contribution is -0.671. The van der Waals surface area contributed by atoms with Crippen molar-refractivity contribution in [2.75, 3.05) is 6.54 Å². The van der Waals surface area contributed by atoms with Crippen LogP contribution < -0.4 is 5.32 Å². The number of fused-ring (bicyclic) bond motifs is 5. The van der Waals surface area contributed by atoms with Gasteiger partial charge in [-0.1, -0.05) is 34.1 Å². The van der Waals surface area contributed by atoms with E-state index in [1.165, 1.54) is 13.8 Å². The number of hydrogen-bond acceptors (Lipinski definition) is 9. The van der Waals surface area contributed by atoms with Gasteiger partial charge in [0.05, 0.1) is 0 Å². The summed E-state index contributed by atoms with van der Waals surface area (Å²) in [4.78, 5) is 62.4. The molecular weight excluding hydrogens is 602 g/mol. The minimum absolute atomic E-state index is 0.0840. The lowest BCUT2D eigenvalue weighted by Crippen LogP contribution is -2.65. The monoisotopic (exact) mass is 661 g/mol. The standard InChI is InChI=1S/C37H59NO9/c1-8-38-32(41)15-12-22(2)27-13-14-28-33-29(20-31(35(27,28)7)43-25(5)40)34(6)17-18-36(21-26(34)19-30(33)42-24(4)39)44-46-37(47-45-36)16-10-9-11-23(37)3/h22-23,26-31,33H,8-21H2,1-7H3,(H,38,41)/t22?,23?,26-,27?,28+,29+,30-,31+,33+,34+,35-,36?,37?/m1/s1. The molecule has 3 unspecified atom stereocenters. The van der Waals surface area contributed by atoms with E-state index in [0.717, 1.165) is 64.2 Å². The van der Waals surface area contributed by atoms with Crippen LogP contribution in [0.3, 0.4) is 0 Å². The van der Waals surface area contributed by atoms with Crippen molar-refractivity contribution in [1.29, 1.82) is 0 Å². The van der Waals surface area contributed by atoms with Gasteiger partial charge in [-0.2, -0.15) is 19.6 Å². The molecule has 1 amide bonds. The Balaban J connectivity index is 1.27. The molecule has 6 fully saturated rings. The quantitative estimate of drug-likeness (QED) is 0.232. The summed E-state index contributed by atoms with van der Waals surface area (Å²) in [6.07, 6.45) is 10.2. The smallest absolute Gasteiger partial charge is 0.302 e. The SMILES string of the molecule is CCNC(=O)CCC(C)C1CC[C@H]2[C@@H]3[C@H](OC(C)=O)C[C@@H]4CC5(CC[C@]4(C)[C@H]3C[C@H](OC(C)=O)[C@]12C)OOC1(CCCCC1C)OO5. The first-order chi connectivity index (χ1) is 22.3. The Bertz CT molecular complexity index is 1180. The number of amides is 1. The molecule has 10 nitrogen and oxygen atoms in total. The van der Waals surface area contributed by atoms with Gasteiger partial charge in [-0.15, -0.1) is 0 Å². The van der Waals surface area contributed by atoms with Gasteiger partial charge in [-0.05, 0) is 93.3 Å². The summed E-state index contributed by atoms with van der Waals surface area (Å²) in [6.45, 7) is 14.7. The van der Waals surface area contributed by atoms with Crippen molar-refractivity contribution >= 4 is 17.8 Å². The van der Waals surface area contributed by atoms with Crippen molar-refractivity contribution in [2.24, 2.45) is 52.3 Å². The van der Waals surface area contributed by atoms with Gasteiger partial charge in [0.25, 0.3) is 0 Å². The highest BCUT2D eigenvalue weighted by molar-refractivity contribution is 5.75. The number of ether oxygens (including phenoxy) is 2. The van der Waals surface area contributed by atoms with Gasteiger partial charge in [-0.25, -0.2) is 0 Å². The lowest BCUT2D eigenvalue weighted by atomic mass is 9.42. The molecule has 10 heteroatoms. The van der Waals surface area contributed by atoms with Crippen LogP contribution in [0.25, 0.3) is 0 Å². The minimum atomic E-state index is -1.00. The average molecular weight is 662 g/mol. The summed E-state index contributed by atoms with van der Waals surface area (Å²) in [5.41, 5.74) is -0.387. The van der Waals surface area contributed by atoms with Crippen molar-refractivity contribution in [2.45, 2.75) is 156 Å². The summed E-state index contributed by atoms with van der Waals surface area (Å²) in [7, 11) is 0. The fourth-order valence-corrected chi connectivity index (χ4v) is 11.6. The maximum absolute atomic E-state index is 12.7. The second-order valence-corrected chi connectivity index (χ2v) is 16.6. The fourth-order valence-electron chi connectivity index (χ4n) is 11.6. The van der Waals surface area contributed by atoms with E-state index in [2.05, 4.69) is 33.0 Å². The van der Waals surface area contributed by atoms with E-state index in [0.29, 0.717) is 25.8 Å². The van der Waals surface area contributed by atoms with Crippen LogP contribution >= 0.6 is 0 Å². The Labute approximate surface area is 280 Å². The Morgan fingerprint density at radius 1 is 0.894 bits per heavy atom. The topological polar surface area (TPSA) is 119 Å². The number of hydrogen-bond donors (Lipinski definition) is 1. The van der Waals surface area contributed by atoms with Crippen LogP contribution in [0.4, 0.5) is 0 Å². The summed E-state index contributed by atoms with van der Waals surface area (Å²) < 4.78 is 12.6. The van der Waals surface area contributed by atoms with Gasteiger partial charge in [0.2, 0.25) is 17.5 Å². The van der Waals surface area contributed by atoms with E-state index in [-0.39, 0.29) is 82.3 Å². The first-order valence-corrected chi connectivity index (χ1v) is 18.6. The average Bonchev–Trinajstić information content (AvgIpc) is 3.38. The second-order valence-electron chi connectivity index (χ2n) is 16.6. The summed E-state index contributed by atoms with van der Waals surface area (Å²) in [6, 6.07) is 0. The lowest BCUT2D eigenvalue weighted by Gasteiger charge is -2.65. The maximum atomic E-state index is 12.7. The third-order valence-electron chi connectivity index (χ3n) is 14.2. The molecule has 11 atom stereocenters. The Hall–Kier alpha value is -1.75. The number of nitrogens with one attached hydrogen (secondary N) is 1. The van der Waals surface area contributed by atoms with E-state index in [1.807, 2.05) is 6.92 Å². The number of carbonyl (C=O) groups excluding carboxylic acids is 3. The molecule has 0 radical (unpaired) electrons. The van der Waals surface area contributed by atoms with Crippen LogP contribution in [0, 0.1) is 52.3 Å². The molecular formula is C37H59NO9. The van der Waals surface area contributed by atoms with E-state index in [4.69, 9.17) is 29.0 Å². The maximum Gasteiger partial charge on any atom is 0.302 e. The highest BCUT2D eigenvalue weighted by atomic mass is 17.4. The van der Waals surface area contributed by atoms with E-state index < -0.39 is 11.6 Å². The van der Waals surface area contributed by atoms with Crippen LogP contribution in [-0.4, -0.2) is 48.2 Å². The van der Waals surface area contributed by atoms with Gasteiger partial charge in [0.1, 0.15) is 12.2 Å². The third kappa shape index (κ3) is 6.16. The van der Waals surface area contributed by atoms with Gasteiger partial charge in [0, 0.05) is 63.3 Å². The Morgan fingerprint density at radius 3 is 2.28 bits per heavy atom. The molecule has 5 saturated carbocycles. The Kier molecular flexibility index (Phi) is 9.84. The molecule has 0 aromatic heterocycles. The van der Waals surface area contributed by atoms with Gasteiger partial charge in [0.15, 0.2) is 0 Å². The first kappa shape index (κ1) is 35.1. The van der Waals surface area contributed by atoms with Crippen LogP contribution in [-0.2, 0) is 43.4 Å². The third-order valence-corrected chi connectivity index (χ3v) is 14.2. The van der Waals surface area contributed by atoms with Crippen molar-refractivity contribution in [3.63, 3.8) is 0 Å². The van der Waals surface area contributed by atoms with Crippen LogP contribution in [0.2, 0.25) is 0 Å². The number of carbonyl (C=O) groups is 3. The van der Waals surface area contributed by atoms with Crippen LogP contribution in [0.1, 0.15) is 132 Å². The van der Waals surface area contributed by atoms with Crippen molar-refractivity contribution < 1.29 is 43.4 Å². The first-order valence-electron chi connectivity index (χ1n) is 18.6.